The molecule has 2 heterocycles. The summed E-state index contributed by atoms with van der Waals surface area (Å²) < 4.78 is 1.88. The fraction of sp³-hybridized carbons (Fsp3) is 0. The Hall–Kier alpha value is -2.36. The highest BCUT2D eigenvalue weighted by Crippen LogP contribution is 2.20. The van der Waals surface area contributed by atoms with E-state index in [-0.39, 0.29) is 0 Å². The van der Waals surface area contributed by atoms with E-state index in [4.69, 9.17) is 5.11 Å². The van der Waals surface area contributed by atoms with Crippen LogP contribution >= 0.6 is 0 Å². The molecule has 0 fully saturated rings. The lowest BCUT2D eigenvalue weighted by atomic mass is 10.1. The fourth-order valence-corrected chi connectivity index (χ4v) is 1.92. The van der Waals surface area contributed by atoms with Crippen molar-refractivity contribution in [1.29, 1.82) is 0 Å². The standard InChI is InChI=1S/C12H8N2O2/c15-12(16)9-2-1-3-10-8(9)4-5-11-13-6-7-14(10)11/h1-7H,(H,15,16). The normalized spacial score (nSPS) is 11.0. The minimum Gasteiger partial charge on any atom is -0.478 e. The number of aromatic nitrogens is 2. The van der Waals surface area contributed by atoms with Gasteiger partial charge in [0, 0.05) is 17.8 Å². The molecule has 1 N–H and O–H groups in total. The molecule has 16 heavy (non-hydrogen) atoms. The summed E-state index contributed by atoms with van der Waals surface area (Å²) in [5.41, 5.74) is 1.98. The van der Waals surface area contributed by atoms with E-state index in [1.54, 1.807) is 24.4 Å². The van der Waals surface area contributed by atoms with Crippen molar-refractivity contribution >= 4 is 22.5 Å². The molecule has 1 aromatic carbocycles. The monoisotopic (exact) mass is 212 g/mol. The first-order chi connectivity index (χ1) is 7.77. The SMILES string of the molecule is O=C(O)c1cccc2c1ccc1nccn12. The summed E-state index contributed by atoms with van der Waals surface area (Å²) in [6, 6.07) is 8.84. The molecule has 0 atom stereocenters. The molecule has 3 aromatic rings. The van der Waals surface area contributed by atoms with Gasteiger partial charge in [-0.1, -0.05) is 6.07 Å². The largest absolute Gasteiger partial charge is 0.478 e. The molecule has 0 bridgehead atoms. The number of aromatic carboxylic acids is 1. The summed E-state index contributed by atoms with van der Waals surface area (Å²) in [5, 5.41) is 9.80. The summed E-state index contributed by atoms with van der Waals surface area (Å²) in [6.07, 6.45) is 3.52. The van der Waals surface area contributed by atoms with Crippen molar-refractivity contribution in [3.05, 3.63) is 48.3 Å². The molecular weight excluding hydrogens is 204 g/mol. The summed E-state index contributed by atoms with van der Waals surface area (Å²) in [7, 11) is 0. The van der Waals surface area contributed by atoms with Gasteiger partial charge < -0.3 is 5.11 Å². The van der Waals surface area contributed by atoms with Crippen LogP contribution in [0.4, 0.5) is 0 Å². The lowest BCUT2D eigenvalue weighted by Gasteiger charge is -2.04. The molecule has 2 aromatic heterocycles. The third-order valence-electron chi connectivity index (χ3n) is 2.64. The number of pyridine rings is 1. The van der Waals surface area contributed by atoms with Crippen LogP contribution in [0.25, 0.3) is 16.6 Å². The number of carboxylic acids is 1. The van der Waals surface area contributed by atoms with Crippen molar-refractivity contribution in [2.75, 3.05) is 0 Å². The van der Waals surface area contributed by atoms with Crippen LogP contribution in [0.1, 0.15) is 10.4 Å². The lowest BCUT2D eigenvalue weighted by Crippen LogP contribution is -1.98. The van der Waals surface area contributed by atoms with E-state index in [1.165, 1.54) is 0 Å². The molecule has 4 nitrogen and oxygen atoms in total. The predicted octanol–water partition coefficient (Wildman–Crippen LogP) is 2.19. The van der Waals surface area contributed by atoms with E-state index in [0.29, 0.717) is 5.56 Å². The van der Waals surface area contributed by atoms with Crippen LogP contribution in [0.2, 0.25) is 0 Å². The van der Waals surface area contributed by atoms with E-state index >= 15 is 0 Å². The van der Waals surface area contributed by atoms with Crippen LogP contribution in [0.3, 0.4) is 0 Å². The Morgan fingerprint density at radius 3 is 2.94 bits per heavy atom. The average molecular weight is 212 g/mol. The van der Waals surface area contributed by atoms with Crippen LogP contribution in [0.5, 0.6) is 0 Å². The number of imidazole rings is 1. The smallest absolute Gasteiger partial charge is 0.336 e. The summed E-state index contributed by atoms with van der Waals surface area (Å²) in [5.74, 6) is -0.912. The molecular formula is C12H8N2O2. The maximum absolute atomic E-state index is 11.1. The van der Waals surface area contributed by atoms with Crippen molar-refractivity contribution in [3.8, 4) is 0 Å². The topological polar surface area (TPSA) is 54.6 Å². The zero-order chi connectivity index (χ0) is 11.1. The minimum absolute atomic E-state index is 0.313. The number of hydrogen-bond donors (Lipinski definition) is 1. The van der Waals surface area contributed by atoms with E-state index < -0.39 is 5.97 Å². The van der Waals surface area contributed by atoms with Crippen molar-refractivity contribution in [1.82, 2.24) is 9.38 Å². The fourth-order valence-electron chi connectivity index (χ4n) is 1.92. The van der Waals surface area contributed by atoms with Crippen molar-refractivity contribution < 1.29 is 9.90 Å². The highest BCUT2D eigenvalue weighted by molar-refractivity contribution is 6.03. The second-order valence-corrected chi connectivity index (χ2v) is 3.53. The van der Waals surface area contributed by atoms with Crippen LogP contribution in [0, 0.1) is 0 Å². The molecule has 0 saturated heterocycles. The Balaban J connectivity index is 2.53. The Bertz CT molecular complexity index is 700. The summed E-state index contributed by atoms with van der Waals surface area (Å²) in [6.45, 7) is 0. The predicted molar refractivity (Wildman–Crippen MR) is 59.7 cm³/mol. The number of rotatable bonds is 1. The second kappa shape index (κ2) is 3.06. The van der Waals surface area contributed by atoms with Crippen LogP contribution < -0.4 is 0 Å². The van der Waals surface area contributed by atoms with Crippen molar-refractivity contribution in [2.24, 2.45) is 0 Å². The van der Waals surface area contributed by atoms with Gasteiger partial charge >= 0.3 is 5.97 Å². The number of fused-ring (bicyclic) bond motifs is 3. The maximum atomic E-state index is 11.1. The Kier molecular flexibility index (Phi) is 1.71. The molecule has 3 rings (SSSR count). The van der Waals surface area contributed by atoms with Gasteiger partial charge in [0.15, 0.2) is 0 Å². The van der Waals surface area contributed by atoms with E-state index in [9.17, 15) is 4.79 Å². The van der Waals surface area contributed by atoms with Crippen molar-refractivity contribution in [3.63, 3.8) is 0 Å². The van der Waals surface area contributed by atoms with Gasteiger partial charge in [-0.3, -0.25) is 4.40 Å². The van der Waals surface area contributed by atoms with E-state index in [0.717, 1.165) is 16.6 Å². The number of carboxylic acid groups (broad SMARTS) is 1. The van der Waals surface area contributed by atoms with Crippen LogP contribution in [-0.4, -0.2) is 20.5 Å². The number of hydrogen-bond acceptors (Lipinski definition) is 2. The zero-order valence-corrected chi connectivity index (χ0v) is 8.29. The van der Waals surface area contributed by atoms with Crippen molar-refractivity contribution in [2.45, 2.75) is 0 Å². The average Bonchev–Trinajstić information content (AvgIpc) is 2.76. The molecule has 0 aliphatic heterocycles. The second-order valence-electron chi connectivity index (χ2n) is 3.53. The number of benzene rings is 1. The van der Waals surface area contributed by atoms with Gasteiger partial charge in [0.2, 0.25) is 0 Å². The Morgan fingerprint density at radius 1 is 1.25 bits per heavy atom. The van der Waals surface area contributed by atoms with Gasteiger partial charge in [0.25, 0.3) is 0 Å². The maximum Gasteiger partial charge on any atom is 0.336 e. The molecule has 0 unspecified atom stereocenters. The third kappa shape index (κ3) is 1.10. The molecule has 0 spiro atoms. The molecule has 0 aliphatic rings. The van der Waals surface area contributed by atoms with Gasteiger partial charge in [-0.05, 0) is 24.3 Å². The van der Waals surface area contributed by atoms with Gasteiger partial charge in [-0.2, -0.15) is 0 Å². The highest BCUT2D eigenvalue weighted by Gasteiger charge is 2.09. The minimum atomic E-state index is -0.912. The van der Waals surface area contributed by atoms with E-state index in [2.05, 4.69) is 4.98 Å². The molecule has 0 amide bonds. The molecule has 0 aliphatic carbocycles. The Labute approximate surface area is 90.8 Å². The first kappa shape index (κ1) is 8.91. The molecule has 0 radical (unpaired) electrons. The number of nitrogens with zero attached hydrogens (tertiary/aromatic N) is 2. The van der Waals surface area contributed by atoms with Gasteiger partial charge in [0.1, 0.15) is 5.65 Å². The third-order valence-corrected chi connectivity index (χ3v) is 2.64. The first-order valence-electron chi connectivity index (χ1n) is 4.85. The van der Waals surface area contributed by atoms with Gasteiger partial charge in [-0.15, -0.1) is 0 Å². The molecule has 78 valence electrons. The molecule has 4 heteroatoms. The van der Waals surface area contributed by atoms with Crippen LogP contribution in [0.15, 0.2) is 42.7 Å². The van der Waals surface area contributed by atoms with Gasteiger partial charge in [0.05, 0.1) is 11.1 Å². The molecule has 0 saturated carbocycles. The first-order valence-corrected chi connectivity index (χ1v) is 4.85. The number of carbonyl (C=O) groups is 1. The Morgan fingerprint density at radius 2 is 2.12 bits per heavy atom. The summed E-state index contributed by atoms with van der Waals surface area (Å²) in [4.78, 5) is 15.2. The van der Waals surface area contributed by atoms with E-state index in [1.807, 2.05) is 22.7 Å². The van der Waals surface area contributed by atoms with Crippen LogP contribution in [-0.2, 0) is 0 Å². The van der Waals surface area contributed by atoms with Gasteiger partial charge in [-0.25, -0.2) is 9.78 Å². The zero-order valence-electron chi connectivity index (χ0n) is 8.29. The quantitative estimate of drug-likeness (QED) is 0.672. The summed E-state index contributed by atoms with van der Waals surface area (Å²) >= 11 is 0. The highest BCUT2D eigenvalue weighted by atomic mass is 16.4. The lowest BCUT2D eigenvalue weighted by molar-refractivity contribution is 0.0699.